The molecule has 4 rings (SSSR count). The van der Waals surface area contributed by atoms with Crippen LogP contribution in [0.2, 0.25) is 5.02 Å². The molecule has 8 heteroatoms. The zero-order valence-electron chi connectivity index (χ0n) is 15.3. The molecule has 0 amide bonds. The number of halogens is 1. The number of hydrogen-bond acceptors (Lipinski definition) is 7. The van der Waals surface area contributed by atoms with E-state index in [1.807, 2.05) is 6.07 Å². The molecule has 3 heterocycles. The van der Waals surface area contributed by atoms with E-state index in [1.54, 1.807) is 55.7 Å². The first kappa shape index (κ1) is 18.8. The lowest BCUT2D eigenvalue weighted by atomic mass is 10.1. The monoisotopic (exact) mass is 409 g/mol. The average molecular weight is 410 g/mol. The second-order valence-electron chi connectivity index (χ2n) is 6.08. The van der Waals surface area contributed by atoms with E-state index in [9.17, 15) is 9.90 Å². The number of benzene rings is 1. The molecule has 29 heavy (non-hydrogen) atoms. The van der Waals surface area contributed by atoms with Gasteiger partial charge in [0.2, 0.25) is 5.88 Å². The molecular weight excluding hydrogens is 394 g/mol. The van der Waals surface area contributed by atoms with Crippen molar-refractivity contribution in [2.45, 2.75) is 6.92 Å². The van der Waals surface area contributed by atoms with Gasteiger partial charge < -0.3 is 19.6 Å². The van der Waals surface area contributed by atoms with E-state index in [4.69, 9.17) is 20.8 Å². The second-order valence-corrected chi connectivity index (χ2v) is 6.48. The maximum absolute atomic E-state index is 12.4. The van der Waals surface area contributed by atoms with Crippen LogP contribution in [0, 0.1) is 0 Å². The number of aromatic nitrogens is 1. The molecule has 0 saturated carbocycles. The van der Waals surface area contributed by atoms with Gasteiger partial charge in [0.1, 0.15) is 0 Å². The zero-order chi connectivity index (χ0) is 20.4. The van der Waals surface area contributed by atoms with Crippen LogP contribution in [0.15, 0.2) is 52.0 Å². The zero-order valence-corrected chi connectivity index (χ0v) is 16.1. The topological polar surface area (TPSA) is 97.0 Å². The maximum Gasteiger partial charge on any atom is 0.347 e. The molecule has 0 aliphatic carbocycles. The molecule has 0 atom stereocenters. The normalized spacial score (nSPS) is 13.5. The number of fused-ring (bicyclic) bond motifs is 1. The Kier molecular flexibility index (Phi) is 5.05. The van der Waals surface area contributed by atoms with Crippen LogP contribution in [0.4, 0.5) is 17.4 Å². The molecule has 1 aliphatic heterocycles. The van der Waals surface area contributed by atoms with Crippen LogP contribution in [0.5, 0.6) is 5.75 Å². The molecule has 2 N–H and O–H groups in total. The quantitative estimate of drug-likeness (QED) is 0.561. The van der Waals surface area contributed by atoms with Gasteiger partial charge in [0, 0.05) is 23.5 Å². The molecule has 146 valence electrons. The molecule has 0 radical (unpaired) electrons. The lowest BCUT2D eigenvalue weighted by molar-refractivity contribution is 0.0524. The lowest BCUT2D eigenvalue weighted by Crippen LogP contribution is -2.06. The largest absolute Gasteiger partial charge is 0.504 e. The summed E-state index contributed by atoms with van der Waals surface area (Å²) in [7, 11) is 0. The van der Waals surface area contributed by atoms with Gasteiger partial charge in [0.25, 0.3) is 0 Å². The standard InChI is InChI=1S/C21H16ClN3O4/c1-2-28-21(27)17-18(26)16(10-12-11-24-19-13(12)6-5-9-23-19)29-20(17)25-15-8-4-3-7-14(15)22/h3-11,25-26H,2H2,1H3/b12-10+. The molecular formula is C21H16ClN3O4. The third kappa shape index (κ3) is 3.60. The molecule has 3 aromatic rings. The fourth-order valence-electron chi connectivity index (χ4n) is 2.89. The Hall–Kier alpha value is -3.58. The van der Waals surface area contributed by atoms with Crippen molar-refractivity contribution >= 4 is 52.8 Å². The predicted molar refractivity (Wildman–Crippen MR) is 111 cm³/mol. The minimum absolute atomic E-state index is 0.0299. The number of ether oxygens (including phenoxy) is 1. The van der Waals surface area contributed by atoms with Gasteiger partial charge >= 0.3 is 5.97 Å². The van der Waals surface area contributed by atoms with Gasteiger partial charge in [-0.1, -0.05) is 23.7 Å². The number of carbonyl (C=O) groups is 1. The first-order valence-corrected chi connectivity index (χ1v) is 9.22. The van der Waals surface area contributed by atoms with Crippen molar-refractivity contribution in [2.24, 2.45) is 4.99 Å². The van der Waals surface area contributed by atoms with Gasteiger partial charge in [-0.15, -0.1) is 0 Å². The number of hydrogen-bond donors (Lipinski definition) is 2. The van der Waals surface area contributed by atoms with Crippen LogP contribution in [0.25, 0.3) is 11.6 Å². The summed E-state index contributed by atoms with van der Waals surface area (Å²) < 4.78 is 10.8. The molecule has 2 aromatic heterocycles. The summed E-state index contributed by atoms with van der Waals surface area (Å²) in [6.07, 6.45) is 4.85. The van der Waals surface area contributed by atoms with E-state index < -0.39 is 5.97 Å². The number of allylic oxidation sites excluding steroid dienone is 1. The number of furan rings is 1. The maximum atomic E-state index is 12.4. The van der Waals surface area contributed by atoms with Gasteiger partial charge in [-0.2, -0.15) is 0 Å². The number of aliphatic imine (C=N–C) groups is 1. The summed E-state index contributed by atoms with van der Waals surface area (Å²) in [6, 6.07) is 10.6. The number of aromatic hydroxyl groups is 1. The van der Waals surface area contributed by atoms with Crippen molar-refractivity contribution in [3.8, 4) is 5.75 Å². The number of pyridine rings is 1. The van der Waals surface area contributed by atoms with E-state index in [1.165, 1.54) is 0 Å². The molecule has 0 fully saturated rings. The number of carbonyl (C=O) groups excluding carboxylic acids is 1. The number of esters is 1. The molecule has 0 saturated heterocycles. The van der Waals surface area contributed by atoms with Crippen molar-refractivity contribution in [3.05, 3.63) is 64.5 Å². The highest BCUT2D eigenvalue weighted by Gasteiger charge is 2.27. The summed E-state index contributed by atoms with van der Waals surface area (Å²) in [5.74, 6) is -0.362. The highest BCUT2D eigenvalue weighted by molar-refractivity contribution is 6.33. The number of para-hydroxylation sites is 1. The van der Waals surface area contributed by atoms with E-state index in [-0.39, 0.29) is 29.6 Å². The first-order valence-electron chi connectivity index (χ1n) is 8.84. The molecule has 0 unspecified atom stereocenters. The first-order chi connectivity index (χ1) is 14.1. The van der Waals surface area contributed by atoms with Crippen molar-refractivity contribution in [3.63, 3.8) is 0 Å². The third-order valence-electron chi connectivity index (χ3n) is 4.22. The fourth-order valence-corrected chi connectivity index (χ4v) is 3.07. The van der Waals surface area contributed by atoms with Crippen molar-refractivity contribution < 1.29 is 19.1 Å². The Morgan fingerprint density at radius 1 is 1.31 bits per heavy atom. The Morgan fingerprint density at radius 3 is 2.93 bits per heavy atom. The van der Waals surface area contributed by atoms with Crippen molar-refractivity contribution in [2.75, 3.05) is 11.9 Å². The van der Waals surface area contributed by atoms with Gasteiger partial charge in [-0.05, 0) is 37.3 Å². The number of nitrogens with zero attached hydrogens (tertiary/aromatic N) is 2. The Morgan fingerprint density at radius 2 is 2.14 bits per heavy atom. The van der Waals surface area contributed by atoms with Crippen LogP contribution in [-0.2, 0) is 4.74 Å². The van der Waals surface area contributed by atoms with Crippen LogP contribution >= 0.6 is 11.6 Å². The molecule has 0 bridgehead atoms. The molecule has 1 aromatic carbocycles. The third-order valence-corrected chi connectivity index (χ3v) is 4.55. The van der Waals surface area contributed by atoms with E-state index in [2.05, 4.69) is 15.3 Å². The van der Waals surface area contributed by atoms with Crippen LogP contribution in [0.3, 0.4) is 0 Å². The van der Waals surface area contributed by atoms with Crippen LogP contribution in [0.1, 0.15) is 28.6 Å². The summed E-state index contributed by atoms with van der Waals surface area (Å²) >= 11 is 6.19. The SMILES string of the molecule is CCOC(=O)c1c(Nc2ccccc2Cl)oc(/C=C2\C=Nc3ncccc32)c1O. The summed E-state index contributed by atoms with van der Waals surface area (Å²) in [5.41, 5.74) is 1.89. The molecule has 7 nitrogen and oxygen atoms in total. The highest BCUT2D eigenvalue weighted by Crippen LogP contribution is 2.40. The van der Waals surface area contributed by atoms with E-state index in [0.29, 0.717) is 22.1 Å². The van der Waals surface area contributed by atoms with E-state index in [0.717, 1.165) is 5.56 Å². The van der Waals surface area contributed by atoms with Crippen molar-refractivity contribution in [1.29, 1.82) is 0 Å². The Bertz CT molecular complexity index is 1150. The number of nitrogens with one attached hydrogen (secondary N) is 1. The Balaban J connectivity index is 1.78. The molecule has 0 spiro atoms. The van der Waals surface area contributed by atoms with Gasteiger partial charge in [-0.25, -0.2) is 14.8 Å². The lowest BCUT2D eigenvalue weighted by Gasteiger charge is -2.07. The van der Waals surface area contributed by atoms with Gasteiger partial charge in [-0.3, -0.25) is 0 Å². The van der Waals surface area contributed by atoms with Crippen molar-refractivity contribution in [1.82, 2.24) is 4.98 Å². The summed E-state index contributed by atoms with van der Waals surface area (Å²) in [6.45, 7) is 1.83. The minimum atomic E-state index is -0.713. The summed E-state index contributed by atoms with van der Waals surface area (Å²) in [5, 5.41) is 14.1. The van der Waals surface area contributed by atoms with Crippen LogP contribution in [-0.4, -0.2) is 28.9 Å². The smallest absolute Gasteiger partial charge is 0.347 e. The van der Waals surface area contributed by atoms with E-state index >= 15 is 0 Å². The fraction of sp³-hybridized carbons (Fsp3) is 0.0952. The number of anilines is 2. The van der Waals surface area contributed by atoms with Crippen LogP contribution < -0.4 is 5.32 Å². The highest BCUT2D eigenvalue weighted by atomic mass is 35.5. The van der Waals surface area contributed by atoms with Gasteiger partial charge in [0.15, 0.2) is 22.9 Å². The number of rotatable bonds is 5. The van der Waals surface area contributed by atoms with Gasteiger partial charge in [0.05, 0.1) is 17.3 Å². The minimum Gasteiger partial charge on any atom is -0.504 e. The summed E-state index contributed by atoms with van der Waals surface area (Å²) in [4.78, 5) is 20.8. The average Bonchev–Trinajstić information content (AvgIpc) is 3.25. The Labute approximate surface area is 171 Å². The predicted octanol–water partition coefficient (Wildman–Crippen LogP) is 5.21. The second kappa shape index (κ2) is 7.81. The molecule has 1 aliphatic rings.